The van der Waals surface area contributed by atoms with Gasteiger partial charge in [0.2, 0.25) is 11.8 Å². The lowest BCUT2D eigenvalue weighted by Gasteiger charge is -2.31. The summed E-state index contributed by atoms with van der Waals surface area (Å²) < 4.78 is 0. The summed E-state index contributed by atoms with van der Waals surface area (Å²) in [6, 6.07) is 0. The molecule has 2 fully saturated rings. The first-order valence-corrected chi connectivity index (χ1v) is 5.52. The number of carbonyl (C=O) groups excluding carboxylic acids is 2. The molecule has 0 saturated carbocycles. The summed E-state index contributed by atoms with van der Waals surface area (Å²) in [6.07, 6.45) is 2.25. The van der Waals surface area contributed by atoms with Crippen molar-refractivity contribution in [1.29, 1.82) is 0 Å². The number of hydrogen-bond donors (Lipinski definition) is 2. The van der Waals surface area contributed by atoms with Gasteiger partial charge in [0.1, 0.15) is 0 Å². The molecule has 0 aromatic rings. The third-order valence-corrected chi connectivity index (χ3v) is 2.99. The fraction of sp³-hybridized carbons (Fsp3) is 0.800. The van der Waals surface area contributed by atoms with Crippen LogP contribution in [-0.4, -0.2) is 49.4 Å². The third kappa shape index (κ3) is 2.54. The topological polar surface area (TPSA) is 61.4 Å². The standard InChI is InChI=1S/C10H17N3O2/c14-9-5-12-6-10(15)13(9)7-8-2-1-3-11-4-8/h8,11-12H,1-7H2. The van der Waals surface area contributed by atoms with Crippen LogP contribution in [0.4, 0.5) is 0 Å². The molecule has 0 aromatic heterocycles. The van der Waals surface area contributed by atoms with E-state index < -0.39 is 0 Å². The number of hydrogen-bond acceptors (Lipinski definition) is 4. The van der Waals surface area contributed by atoms with Gasteiger partial charge in [-0.15, -0.1) is 0 Å². The Morgan fingerprint density at radius 3 is 2.53 bits per heavy atom. The zero-order valence-corrected chi connectivity index (χ0v) is 8.79. The van der Waals surface area contributed by atoms with Crippen LogP contribution in [0.1, 0.15) is 12.8 Å². The smallest absolute Gasteiger partial charge is 0.243 e. The van der Waals surface area contributed by atoms with E-state index in [0.717, 1.165) is 25.9 Å². The number of nitrogens with one attached hydrogen (secondary N) is 2. The number of piperidine rings is 1. The molecule has 5 heteroatoms. The van der Waals surface area contributed by atoms with Crippen LogP contribution in [0.2, 0.25) is 0 Å². The lowest BCUT2D eigenvalue weighted by molar-refractivity contribution is -0.147. The van der Waals surface area contributed by atoms with Gasteiger partial charge in [-0.1, -0.05) is 0 Å². The lowest BCUT2D eigenvalue weighted by atomic mass is 9.99. The third-order valence-electron chi connectivity index (χ3n) is 2.99. The molecular formula is C10H17N3O2. The molecule has 0 aromatic carbocycles. The van der Waals surface area contributed by atoms with Crippen LogP contribution in [0.25, 0.3) is 0 Å². The summed E-state index contributed by atoms with van der Waals surface area (Å²) in [6.45, 7) is 3.16. The molecule has 0 aliphatic carbocycles. The fourth-order valence-electron chi connectivity index (χ4n) is 2.15. The van der Waals surface area contributed by atoms with Gasteiger partial charge < -0.3 is 5.32 Å². The molecule has 2 aliphatic heterocycles. The predicted molar refractivity (Wildman–Crippen MR) is 55.2 cm³/mol. The van der Waals surface area contributed by atoms with Crippen molar-refractivity contribution in [3.05, 3.63) is 0 Å². The quantitative estimate of drug-likeness (QED) is 0.572. The Labute approximate surface area is 89.2 Å². The van der Waals surface area contributed by atoms with Crippen LogP contribution in [0, 0.1) is 5.92 Å². The monoisotopic (exact) mass is 211 g/mol. The van der Waals surface area contributed by atoms with Crippen LogP contribution in [-0.2, 0) is 9.59 Å². The van der Waals surface area contributed by atoms with Crippen LogP contribution in [0.5, 0.6) is 0 Å². The van der Waals surface area contributed by atoms with E-state index in [1.54, 1.807) is 0 Å². The maximum atomic E-state index is 11.5. The van der Waals surface area contributed by atoms with Crippen LogP contribution < -0.4 is 10.6 Å². The van der Waals surface area contributed by atoms with E-state index in [2.05, 4.69) is 10.6 Å². The minimum Gasteiger partial charge on any atom is -0.316 e. The van der Waals surface area contributed by atoms with E-state index in [9.17, 15) is 9.59 Å². The van der Waals surface area contributed by atoms with Gasteiger partial charge in [0, 0.05) is 6.54 Å². The van der Waals surface area contributed by atoms with E-state index in [1.165, 1.54) is 4.90 Å². The van der Waals surface area contributed by atoms with Crippen molar-refractivity contribution in [2.45, 2.75) is 12.8 Å². The molecule has 2 rings (SSSR count). The summed E-state index contributed by atoms with van der Waals surface area (Å²) in [7, 11) is 0. The molecule has 84 valence electrons. The first-order valence-electron chi connectivity index (χ1n) is 5.52. The molecule has 15 heavy (non-hydrogen) atoms. The fourth-order valence-corrected chi connectivity index (χ4v) is 2.15. The molecule has 0 bridgehead atoms. The highest BCUT2D eigenvalue weighted by Crippen LogP contribution is 2.12. The van der Waals surface area contributed by atoms with Crippen molar-refractivity contribution in [3.8, 4) is 0 Å². The molecule has 2 saturated heterocycles. The molecule has 1 atom stereocenters. The van der Waals surface area contributed by atoms with Crippen LogP contribution in [0.3, 0.4) is 0 Å². The summed E-state index contributed by atoms with van der Waals surface area (Å²) in [5.74, 6) is 0.262. The lowest BCUT2D eigenvalue weighted by Crippen LogP contribution is -2.54. The Bertz CT molecular complexity index is 245. The number of nitrogens with zero attached hydrogens (tertiary/aromatic N) is 1. The minimum atomic E-state index is -0.0863. The summed E-state index contributed by atoms with van der Waals surface area (Å²) in [5, 5.41) is 6.08. The van der Waals surface area contributed by atoms with Gasteiger partial charge in [-0.25, -0.2) is 0 Å². The number of piperazine rings is 1. The van der Waals surface area contributed by atoms with Crippen molar-refractivity contribution < 1.29 is 9.59 Å². The maximum Gasteiger partial charge on any atom is 0.243 e. The SMILES string of the molecule is O=C1CNCC(=O)N1CC1CCCNC1. The largest absolute Gasteiger partial charge is 0.316 e. The second-order valence-corrected chi connectivity index (χ2v) is 4.21. The van der Waals surface area contributed by atoms with Gasteiger partial charge >= 0.3 is 0 Å². The highest BCUT2D eigenvalue weighted by atomic mass is 16.2. The van der Waals surface area contributed by atoms with E-state index in [4.69, 9.17) is 0 Å². The molecule has 0 spiro atoms. The Morgan fingerprint density at radius 2 is 1.93 bits per heavy atom. The number of rotatable bonds is 2. The molecule has 2 amide bonds. The van der Waals surface area contributed by atoms with E-state index in [-0.39, 0.29) is 11.8 Å². The molecule has 0 radical (unpaired) electrons. The first-order chi connectivity index (χ1) is 7.27. The minimum absolute atomic E-state index is 0.0863. The second-order valence-electron chi connectivity index (χ2n) is 4.21. The summed E-state index contributed by atoms with van der Waals surface area (Å²) in [4.78, 5) is 24.4. The average molecular weight is 211 g/mol. The van der Waals surface area contributed by atoms with E-state index in [1.807, 2.05) is 0 Å². The van der Waals surface area contributed by atoms with Gasteiger partial charge in [0.25, 0.3) is 0 Å². The Balaban J connectivity index is 1.90. The first kappa shape index (κ1) is 10.6. The second kappa shape index (κ2) is 4.72. The molecule has 2 N–H and O–H groups in total. The zero-order valence-electron chi connectivity index (χ0n) is 8.79. The predicted octanol–water partition coefficient (Wildman–Crippen LogP) is -1.06. The Kier molecular flexibility index (Phi) is 3.33. The van der Waals surface area contributed by atoms with Gasteiger partial charge in [0.15, 0.2) is 0 Å². The van der Waals surface area contributed by atoms with Crippen molar-refractivity contribution in [3.63, 3.8) is 0 Å². The molecule has 2 aliphatic rings. The van der Waals surface area contributed by atoms with Crippen molar-refractivity contribution in [2.24, 2.45) is 5.92 Å². The average Bonchev–Trinajstić information content (AvgIpc) is 2.25. The van der Waals surface area contributed by atoms with Gasteiger partial charge in [-0.3, -0.25) is 19.8 Å². The van der Waals surface area contributed by atoms with Gasteiger partial charge in [-0.05, 0) is 31.8 Å². The van der Waals surface area contributed by atoms with Gasteiger partial charge in [-0.2, -0.15) is 0 Å². The highest BCUT2D eigenvalue weighted by Gasteiger charge is 2.28. The van der Waals surface area contributed by atoms with E-state index >= 15 is 0 Å². The van der Waals surface area contributed by atoms with Crippen LogP contribution in [0.15, 0.2) is 0 Å². The van der Waals surface area contributed by atoms with Gasteiger partial charge in [0.05, 0.1) is 13.1 Å². The molecule has 5 nitrogen and oxygen atoms in total. The zero-order chi connectivity index (χ0) is 10.7. The number of carbonyl (C=O) groups is 2. The summed E-state index contributed by atoms with van der Waals surface area (Å²) >= 11 is 0. The van der Waals surface area contributed by atoms with Crippen molar-refractivity contribution in [2.75, 3.05) is 32.7 Å². The van der Waals surface area contributed by atoms with Crippen LogP contribution >= 0.6 is 0 Å². The molecule has 1 unspecified atom stereocenters. The van der Waals surface area contributed by atoms with Crippen molar-refractivity contribution in [1.82, 2.24) is 15.5 Å². The molecule has 2 heterocycles. The van der Waals surface area contributed by atoms with E-state index in [0.29, 0.717) is 25.6 Å². The number of imide groups is 1. The Morgan fingerprint density at radius 1 is 1.20 bits per heavy atom. The number of amides is 2. The normalized spacial score (nSPS) is 28.3. The maximum absolute atomic E-state index is 11.5. The van der Waals surface area contributed by atoms with Crippen molar-refractivity contribution >= 4 is 11.8 Å². The highest BCUT2D eigenvalue weighted by molar-refractivity contribution is 5.99. The molecular weight excluding hydrogens is 194 g/mol. The summed E-state index contributed by atoms with van der Waals surface area (Å²) in [5.41, 5.74) is 0. The Hall–Kier alpha value is -0.940.